The van der Waals surface area contributed by atoms with Crippen LogP contribution < -0.4 is 19.7 Å². The van der Waals surface area contributed by atoms with E-state index in [1.54, 1.807) is 24.3 Å². The Morgan fingerprint density at radius 2 is 2.00 bits per heavy atom. The van der Waals surface area contributed by atoms with Gasteiger partial charge in [-0.2, -0.15) is 0 Å². The third kappa shape index (κ3) is 3.66. The lowest BCUT2D eigenvalue weighted by molar-refractivity contribution is -0.385. The first-order chi connectivity index (χ1) is 12.9. The van der Waals surface area contributed by atoms with Crippen molar-refractivity contribution in [2.24, 2.45) is 0 Å². The highest BCUT2D eigenvalue weighted by Crippen LogP contribution is 2.33. The van der Waals surface area contributed by atoms with Crippen LogP contribution in [-0.4, -0.2) is 36.5 Å². The molecule has 0 aromatic heterocycles. The van der Waals surface area contributed by atoms with Gasteiger partial charge in [-0.3, -0.25) is 24.6 Å². The predicted molar refractivity (Wildman–Crippen MR) is 97.2 cm³/mol. The van der Waals surface area contributed by atoms with Gasteiger partial charge < -0.3 is 14.8 Å². The fraction of sp³-hybridized carbons (Fsp3) is 0.222. The van der Waals surface area contributed by atoms with Gasteiger partial charge in [0.05, 0.1) is 29.5 Å². The average molecular weight is 371 g/mol. The molecule has 0 radical (unpaired) electrons. The maximum atomic E-state index is 12.9. The first kappa shape index (κ1) is 18.2. The van der Waals surface area contributed by atoms with E-state index in [0.717, 1.165) is 0 Å². The lowest BCUT2D eigenvalue weighted by atomic mass is 10.1. The number of non-ortho nitro benzene ring substituents is 1. The molecule has 2 aromatic rings. The van der Waals surface area contributed by atoms with E-state index in [2.05, 4.69) is 5.32 Å². The van der Waals surface area contributed by atoms with E-state index in [1.807, 2.05) is 0 Å². The second-order valence-corrected chi connectivity index (χ2v) is 5.84. The molecule has 140 valence electrons. The minimum atomic E-state index is -1.00. The van der Waals surface area contributed by atoms with Crippen LogP contribution in [0.3, 0.4) is 0 Å². The Kier molecular flexibility index (Phi) is 4.93. The number of hydrogen-bond donors (Lipinski definition) is 1. The molecule has 1 heterocycles. The summed E-state index contributed by atoms with van der Waals surface area (Å²) in [4.78, 5) is 36.5. The van der Waals surface area contributed by atoms with Crippen molar-refractivity contribution >= 4 is 28.9 Å². The van der Waals surface area contributed by atoms with Crippen LogP contribution in [0.5, 0.6) is 11.5 Å². The molecule has 0 fully saturated rings. The van der Waals surface area contributed by atoms with Gasteiger partial charge in [-0.1, -0.05) is 12.1 Å². The van der Waals surface area contributed by atoms with Crippen LogP contribution in [0.25, 0.3) is 0 Å². The number of amides is 2. The van der Waals surface area contributed by atoms with Crippen molar-refractivity contribution in [2.75, 3.05) is 23.9 Å². The molecule has 27 heavy (non-hydrogen) atoms. The van der Waals surface area contributed by atoms with Gasteiger partial charge in [-0.25, -0.2) is 0 Å². The van der Waals surface area contributed by atoms with Gasteiger partial charge in [0.15, 0.2) is 17.6 Å². The Balaban J connectivity index is 1.86. The number of para-hydroxylation sites is 2. The lowest BCUT2D eigenvalue weighted by Crippen LogP contribution is -2.47. The number of nitro benzene ring substituents is 1. The largest absolute Gasteiger partial charge is 0.493 e. The molecule has 0 unspecified atom stereocenters. The smallest absolute Gasteiger partial charge is 0.273 e. The van der Waals surface area contributed by atoms with Crippen molar-refractivity contribution in [3.05, 3.63) is 52.6 Å². The van der Waals surface area contributed by atoms with Crippen LogP contribution in [0.1, 0.15) is 6.92 Å². The van der Waals surface area contributed by atoms with Crippen LogP contribution >= 0.6 is 0 Å². The number of benzene rings is 2. The van der Waals surface area contributed by atoms with Crippen LogP contribution in [0.2, 0.25) is 0 Å². The highest BCUT2D eigenvalue weighted by atomic mass is 16.6. The number of anilines is 2. The van der Waals surface area contributed by atoms with Crippen LogP contribution in [0, 0.1) is 10.1 Å². The fourth-order valence-corrected chi connectivity index (χ4v) is 2.76. The summed E-state index contributed by atoms with van der Waals surface area (Å²) in [7, 11) is 1.39. The molecule has 0 spiro atoms. The van der Waals surface area contributed by atoms with Crippen LogP contribution in [0.4, 0.5) is 17.1 Å². The molecule has 2 amide bonds. The van der Waals surface area contributed by atoms with Gasteiger partial charge in [0, 0.05) is 6.07 Å². The second kappa shape index (κ2) is 7.32. The molecule has 0 saturated carbocycles. The first-order valence-electron chi connectivity index (χ1n) is 8.10. The zero-order chi connectivity index (χ0) is 19.6. The minimum absolute atomic E-state index is 0.0716. The molecule has 9 nitrogen and oxygen atoms in total. The SMILES string of the molecule is COc1ccc([N+](=O)[O-])cc1O[C@H](C)C(=O)N1CC(=O)Nc2ccccc21. The van der Waals surface area contributed by atoms with Gasteiger partial charge in [-0.05, 0) is 25.1 Å². The zero-order valence-electron chi connectivity index (χ0n) is 14.7. The van der Waals surface area contributed by atoms with E-state index in [4.69, 9.17) is 9.47 Å². The van der Waals surface area contributed by atoms with Gasteiger partial charge >= 0.3 is 0 Å². The zero-order valence-corrected chi connectivity index (χ0v) is 14.7. The molecule has 1 aliphatic heterocycles. The molecule has 0 bridgehead atoms. The van der Waals surface area contributed by atoms with Gasteiger partial charge in [0.1, 0.15) is 6.54 Å². The third-order valence-corrected chi connectivity index (χ3v) is 4.05. The van der Waals surface area contributed by atoms with E-state index < -0.39 is 16.9 Å². The molecule has 1 N–H and O–H groups in total. The summed E-state index contributed by atoms with van der Waals surface area (Å²) in [6.45, 7) is 1.37. The maximum Gasteiger partial charge on any atom is 0.273 e. The Labute approximate surface area is 154 Å². The number of nitro groups is 1. The number of fused-ring (bicyclic) bond motifs is 1. The predicted octanol–water partition coefficient (Wildman–Crippen LogP) is 2.36. The van der Waals surface area contributed by atoms with Crippen molar-refractivity contribution in [1.29, 1.82) is 0 Å². The minimum Gasteiger partial charge on any atom is -0.493 e. The standard InChI is InChI=1S/C18H17N3O6/c1-11(27-16-9-12(21(24)25)7-8-15(16)26-2)18(23)20-10-17(22)19-13-5-3-4-6-14(13)20/h3-9,11H,10H2,1-2H3,(H,19,22)/t11-/m1/s1. The topological polar surface area (TPSA) is 111 Å². The maximum absolute atomic E-state index is 12.9. The summed E-state index contributed by atoms with van der Waals surface area (Å²) in [6, 6.07) is 10.8. The molecular weight excluding hydrogens is 354 g/mol. The third-order valence-electron chi connectivity index (χ3n) is 4.05. The van der Waals surface area contributed by atoms with E-state index in [0.29, 0.717) is 11.4 Å². The van der Waals surface area contributed by atoms with Crippen LogP contribution in [0.15, 0.2) is 42.5 Å². The summed E-state index contributed by atoms with van der Waals surface area (Å²) in [6.07, 6.45) is -1.00. The number of ether oxygens (including phenoxy) is 2. The Hall–Kier alpha value is -3.62. The summed E-state index contributed by atoms with van der Waals surface area (Å²) in [5, 5.41) is 13.7. The van der Waals surface area contributed by atoms with E-state index in [9.17, 15) is 19.7 Å². The van der Waals surface area contributed by atoms with Crippen LogP contribution in [-0.2, 0) is 9.59 Å². The number of carbonyl (C=O) groups excluding carboxylic acids is 2. The summed E-state index contributed by atoms with van der Waals surface area (Å²) < 4.78 is 10.8. The van der Waals surface area contributed by atoms with Gasteiger partial charge in [0.25, 0.3) is 11.6 Å². The Morgan fingerprint density at radius 3 is 2.70 bits per heavy atom. The van der Waals surface area contributed by atoms with Crippen molar-refractivity contribution in [3.8, 4) is 11.5 Å². The molecule has 1 aliphatic rings. The highest BCUT2D eigenvalue weighted by molar-refractivity contribution is 6.10. The number of carbonyl (C=O) groups is 2. The highest BCUT2D eigenvalue weighted by Gasteiger charge is 2.31. The lowest BCUT2D eigenvalue weighted by Gasteiger charge is -2.31. The number of rotatable bonds is 5. The van der Waals surface area contributed by atoms with Crippen molar-refractivity contribution in [2.45, 2.75) is 13.0 Å². The van der Waals surface area contributed by atoms with Crippen molar-refractivity contribution in [1.82, 2.24) is 0 Å². The number of nitrogens with zero attached hydrogens (tertiary/aromatic N) is 2. The van der Waals surface area contributed by atoms with E-state index in [-0.39, 0.29) is 29.6 Å². The summed E-state index contributed by atoms with van der Waals surface area (Å²) in [5.41, 5.74) is 0.902. The molecule has 9 heteroatoms. The summed E-state index contributed by atoms with van der Waals surface area (Å²) in [5.74, 6) is -0.438. The van der Waals surface area contributed by atoms with E-state index in [1.165, 1.54) is 37.1 Å². The quantitative estimate of drug-likeness (QED) is 0.638. The number of methoxy groups -OCH3 is 1. The monoisotopic (exact) mass is 371 g/mol. The fourth-order valence-electron chi connectivity index (χ4n) is 2.76. The Bertz CT molecular complexity index is 914. The molecule has 2 aromatic carbocycles. The number of hydrogen-bond acceptors (Lipinski definition) is 6. The normalized spacial score (nSPS) is 14.0. The van der Waals surface area contributed by atoms with Crippen molar-refractivity contribution < 1.29 is 24.0 Å². The van der Waals surface area contributed by atoms with Gasteiger partial charge in [-0.15, -0.1) is 0 Å². The van der Waals surface area contributed by atoms with Crippen molar-refractivity contribution in [3.63, 3.8) is 0 Å². The first-order valence-corrected chi connectivity index (χ1v) is 8.10. The summed E-state index contributed by atoms with van der Waals surface area (Å²) >= 11 is 0. The molecule has 0 saturated heterocycles. The molecule has 3 rings (SSSR count). The van der Waals surface area contributed by atoms with Gasteiger partial charge in [0.2, 0.25) is 5.91 Å². The number of nitrogens with one attached hydrogen (secondary N) is 1. The molecular formula is C18H17N3O6. The Morgan fingerprint density at radius 1 is 1.26 bits per heavy atom. The molecule has 0 aliphatic carbocycles. The second-order valence-electron chi connectivity index (χ2n) is 5.84. The van der Waals surface area contributed by atoms with E-state index >= 15 is 0 Å². The average Bonchev–Trinajstić information content (AvgIpc) is 2.66. The molecule has 1 atom stereocenters.